The molecule has 1 fully saturated rings. The maximum atomic E-state index is 12.6. The van der Waals surface area contributed by atoms with Crippen LogP contribution < -0.4 is 5.73 Å². The standard InChI is InChI=1S/C14H18N2O4/c1-9-3-4-10(15)7-11(9)13(17)16-5-6-20-8-12(16)14(18)19-2/h3-4,7,12H,5-6,8,15H2,1-2H3. The van der Waals surface area contributed by atoms with Crippen LogP contribution in [0.15, 0.2) is 18.2 Å². The highest BCUT2D eigenvalue weighted by Crippen LogP contribution is 2.18. The minimum atomic E-state index is -0.706. The van der Waals surface area contributed by atoms with E-state index in [1.807, 2.05) is 6.92 Å². The van der Waals surface area contributed by atoms with Gasteiger partial charge in [-0.15, -0.1) is 0 Å². The Morgan fingerprint density at radius 2 is 2.20 bits per heavy atom. The summed E-state index contributed by atoms with van der Waals surface area (Å²) in [6.45, 7) is 2.74. The van der Waals surface area contributed by atoms with Gasteiger partial charge in [0.2, 0.25) is 0 Å². The minimum absolute atomic E-state index is 0.153. The Morgan fingerprint density at radius 1 is 1.45 bits per heavy atom. The second-order valence-corrected chi connectivity index (χ2v) is 4.69. The summed E-state index contributed by atoms with van der Waals surface area (Å²) < 4.78 is 9.98. The molecule has 0 aliphatic carbocycles. The Balaban J connectivity index is 2.30. The normalized spacial score (nSPS) is 18.7. The van der Waals surface area contributed by atoms with Gasteiger partial charge in [-0.25, -0.2) is 4.79 Å². The number of ether oxygens (including phenoxy) is 2. The molecule has 1 saturated heterocycles. The first-order chi connectivity index (χ1) is 9.54. The van der Waals surface area contributed by atoms with Crippen LogP contribution in [0.25, 0.3) is 0 Å². The molecule has 0 spiro atoms. The molecule has 2 rings (SSSR count). The van der Waals surface area contributed by atoms with Crippen molar-refractivity contribution < 1.29 is 19.1 Å². The highest BCUT2D eigenvalue weighted by Gasteiger charge is 2.34. The first-order valence-electron chi connectivity index (χ1n) is 6.37. The molecule has 1 aromatic carbocycles. The number of nitrogens with two attached hydrogens (primary N) is 1. The van der Waals surface area contributed by atoms with Gasteiger partial charge in [-0.05, 0) is 24.6 Å². The van der Waals surface area contributed by atoms with E-state index >= 15 is 0 Å². The second kappa shape index (κ2) is 5.92. The Labute approximate surface area is 117 Å². The molecule has 0 radical (unpaired) electrons. The number of hydrogen-bond donors (Lipinski definition) is 1. The van der Waals surface area contributed by atoms with E-state index < -0.39 is 12.0 Å². The molecule has 6 nitrogen and oxygen atoms in total. The van der Waals surface area contributed by atoms with Gasteiger partial charge >= 0.3 is 5.97 Å². The number of aryl methyl sites for hydroxylation is 1. The van der Waals surface area contributed by atoms with Gasteiger partial charge in [0.1, 0.15) is 0 Å². The van der Waals surface area contributed by atoms with E-state index in [1.54, 1.807) is 18.2 Å². The molecular formula is C14H18N2O4. The van der Waals surface area contributed by atoms with E-state index in [4.69, 9.17) is 15.2 Å². The third-order valence-electron chi connectivity index (χ3n) is 3.35. The van der Waals surface area contributed by atoms with Crippen molar-refractivity contribution in [3.8, 4) is 0 Å². The zero-order chi connectivity index (χ0) is 14.7. The number of carbonyl (C=O) groups excluding carboxylic acids is 2. The zero-order valence-electron chi connectivity index (χ0n) is 11.6. The van der Waals surface area contributed by atoms with Crippen molar-refractivity contribution in [2.75, 3.05) is 32.6 Å². The number of rotatable bonds is 2. The fraction of sp³-hybridized carbons (Fsp3) is 0.429. The molecule has 1 unspecified atom stereocenters. The molecule has 0 bridgehead atoms. The fourth-order valence-corrected chi connectivity index (χ4v) is 2.20. The molecule has 1 aromatic rings. The van der Waals surface area contributed by atoms with E-state index in [9.17, 15) is 9.59 Å². The quantitative estimate of drug-likeness (QED) is 0.632. The van der Waals surface area contributed by atoms with Crippen LogP contribution in [0, 0.1) is 6.92 Å². The van der Waals surface area contributed by atoms with Crippen molar-refractivity contribution in [2.45, 2.75) is 13.0 Å². The molecular weight excluding hydrogens is 260 g/mol. The van der Waals surface area contributed by atoms with Gasteiger partial charge in [0, 0.05) is 17.8 Å². The van der Waals surface area contributed by atoms with Crippen molar-refractivity contribution in [2.24, 2.45) is 0 Å². The van der Waals surface area contributed by atoms with Crippen LogP contribution in [0.3, 0.4) is 0 Å². The van der Waals surface area contributed by atoms with Crippen LogP contribution in [0.5, 0.6) is 0 Å². The largest absolute Gasteiger partial charge is 0.467 e. The van der Waals surface area contributed by atoms with Crippen LogP contribution in [0.4, 0.5) is 5.69 Å². The van der Waals surface area contributed by atoms with Gasteiger partial charge in [-0.2, -0.15) is 0 Å². The Hall–Kier alpha value is -2.08. The molecule has 20 heavy (non-hydrogen) atoms. The van der Waals surface area contributed by atoms with Crippen molar-refractivity contribution >= 4 is 17.6 Å². The van der Waals surface area contributed by atoms with Crippen LogP contribution in [-0.2, 0) is 14.3 Å². The number of morpholine rings is 1. The lowest BCUT2D eigenvalue weighted by molar-refractivity contribution is -0.151. The van der Waals surface area contributed by atoms with E-state index in [1.165, 1.54) is 12.0 Å². The highest BCUT2D eigenvalue weighted by molar-refractivity contribution is 5.98. The van der Waals surface area contributed by atoms with Gasteiger partial charge in [0.15, 0.2) is 6.04 Å². The summed E-state index contributed by atoms with van der Waals surface area (Å²) in [4.78, 5) is 25.8. The lowest BCUT2D eigenvalue weighted by Gasteiger charge is -2.34. The van der Waals surface area contributed by atoms with Crippen molar-refractivity contribution in [3.63, 3.8) is 0 Å². The number of esters is 1. The van der Waals surface area contributed by atoms with Crippen molar-refractivity contribution in [1.29, 1.82) is 0 Å². The topological polar surface area (TPSA) is 81.9 Å². The molecule has 108 valence electrons. The number of methoxy groups -OCH3 is 1. The van der Waals surface area contributed by atoms with E-state index in [2.05, 4.69) is 0 Å². The second-order valence-electron chi connectivity index (χ2n) is 4.69. The number of nitrogens with zero attached hydrogens (tertiary/aromatic N) is 1. The van der Waals surface area contributed by atoms with E-state index in [0.29, 0.717) is 24.4 Å². The summed E-state index contributed by atoms with van der Waals surface area (Å²) in [5.41, 5.74) is 7.56. The lowest BCUT2D eigenvalue weighted by Crippen LogP contribution is -2.53. The van der Waals surface area contributed by atoms with Gasteiger partial charge < -0.3 is 20.1 Å². The number of benzene rings is 1. The number of nitrogen functional groups attached to an aromatic ring is 1. The predicted molar refractivity (Wildman–Crippen MR) is 73.3 cm³/mol. The number of amides is 1. The Morgan fingerprint density at radius 3 is 2.90 bits per heavy atom. The van der Waals surface area contributed by atoms with Crippen molar-refractivity contribution in [1.82, 2.24) is 4.90 Å². The SMILES string of the molecule is COC(=O)C1COCCN1C(=O)c1cc(N)ccc1C. The average molecular weight is 278 g/mol. The zero-order valence-corrected chi connectivity index (χ0v) is 11.6. The third kappa shape index (κ3) is 2.75. The molecule has 2 N–H and O–H groups in total. The van der Waals surface area contributed by atoms with Gasteiger partial charge in [-0.1, -0.05) is 6.07 Å². The summed E-state index contributed by atoms with van der Waals surface area (Å²) in [6, 6.07) is 4.45. The number of hydrogen-bond acceptors (Lipinski definition) is 5. The summed E-state index contributed by atoms with van der Waals surface area (Å²) in [5.74, 6) is -0.701. The van der Waals surface area contributed by atoms with Crippen LogP contribution >= 0.6 is 0 Å². The minimum Gasteiger partial charge on any atom is -0.467 e. The van der Waals surface area contributed by atoms with Crippen molar-refractivity contribution in [3.05, 3.63) is 29.3 Å². The van der Waals surface area contributed by atoms with E-state index in [0.717, 1.165) is 5.56 Å². The summed E-state index contributed by atoms with van der Waals surface area (Å²) in [5, 5.41) is 0. The monoisotopic (exact) mass is 278 g/mol. The number of carbonyl (C=O) groups is 2. The van der Waals surface area contributed by atoms with Gasteiger partial charge in [-0.3, -0.25) is 4.79 Å². The van der Waals surface area contributed by atoms with Gasteiger partial charge in [0.25, 0.3) is 5.91 Å². The fourth-order valence-electron chi connectivity index (χ4n) is 2.20. The van der Waals surface area contributed by atoms with Crippen LogP contribution in [0.2, 0.25) is 0 Å². The summed E-state index contributed by atoms with van der Waals surface area (Å²) in [7, 11) is 1.30. The molecule has 1 aliphatic rings. The smallest absolute Gasteiger partial charge is 0.331 e. The molecule has 1 atom stereocenters. The van der Waals surface area contributed by atoms with Gasteiger partial charge in [0.05, 0.1) is 20.3 Å². The third-order valence-corrected chi connectivity index (χ3v) is 3.35. The molecule has 1 aliphatic heterocycles. The summed E-state index contributed by atoms with van der Waals surface area (Å²) in [6.07, 6.45) is 0. The Bertz CT molecular complexity index is 530. The molecule has 6 heteroatoms. The highest BCUT2D eigenvalue weighted by atomic mass is 16.5. The molecule has 0 aromatic heterocycles. The lowest BCUT2D eigenvalue weighted by atomic mass is 10.1. The molecule has 1 amide bonds. The molecule has 0 saturated carbocycles. The van der Waals surface area contributed by atoms with E-state index in [-0.39, 0.29) is 12.5 Å². The van der Waals surface area contributed by atoms with Crippen LogP contribution in [0.1, 0.15) is 15.9 Å². The number of anilines is 1. The molecule has 1 heterocycles. The predicted octanol–water partition coefficient (Wildman–Crippen LogP) is 0.591. The first kappa shape index (κ1) is 14.3. The summed E-state index contributed by atoms with van der Waals surface area (Å²) >= 11 is 0. The Kier molecular flexibility index (Phi) is 4.24. The maximum absolute atomic E-state index is 12.6. The first-order valence-corrected chi connectivity index (χ1v) is 6.37. The van der Waals surface area contributed by atoms with Crippen LogP contribution in [-0.4, -0.2) is 49.7 Å². The average Bonchev–Trinajstić information content (AvgIpc) is 2.48. The maximum Gasteiger partial charge on any atom is 0.331 e.